The van der Waals surface area contributed by atoms with Gasteiger partial charge in [-0.3, -0.25) is 15.1 Å². The van der Waals surface area contributed by atoms with Gasteiger partial charge in [0.1, 0.15) is 0 Å². The van der Waals surface area contributed by atoms with Gasteiger partial charge in [0.25, 0.3) is 5.91 Å². The highest BCUT2D eigenvalue weighted by atomic mass is 32.1. The van der Waals surface area contributed by atoms with Gasteiger partial charge in [-0.2, -0.15) is 0 Å². The molecular formula is C12H13N3O2S. The van der Waals surface area contributed by atoms with Gasteiger partial charge >= 0.3 is 0 Å². The van der Waals surface area contributed by atoms with Crippen LogP contribution < -0.4 is 5.32 Å². The number of carbonyl (C=O) groups excluding carboxylic acids is 1. The number of thiazole rings is 1. The van der Waals surface area contributed by atoms with E-state index in [4.69, 9.17) is 0 Å². The van der Waals surface area contributed by atoms with E-state index in [1.165, 1.54) is 11.3 Å². The van der Waals surface area contributed by atoms with Crippen molar-refractivity contribution in [2.75, 3.05) is 5.32 Å². The average molecular weight is 263 g/mol. The molecule has 1 unspecified atom stereocenters. The third-order valence-electron chi connectivity index (χ3n) is 2.33. The molecule has 2 aromatic rings. The molecule has 2 heterocycles. The number of hydrogen-bond acceptors (Lipinski definition) is 5. The van der Waals surface area contributed by atoms with Crippen LogP contribution in [0, 0.1) is 6.92 Å². The lowest BCUT2D eigenvalue weighted by Crippen LogP contribution is -2.12. The van der Waals surface area contributed by atoms with Gasteiger partial charge in [0, 0.05) is 22.8 Å². The summed E-state index contributed by atoms with van der Waals surface area (Å²) in [5.41, 5.74) is 1.88. The summed E-state index contributed by atoms with van der Waals surface area (Å²) in [6.45, 7) is 3.46. The summed E-state index contributed by atoms with van der Waals surface area (Å²) < 4.78 is 0. The summed E-state index contributed by atoms with van der Waals surface area (Å²) in [4.78, 5) is 20.1. The Morgan fingerprint density at radius 3 is 2.94 bits per heavy atom. The maximum absolute atomic E-state index is 11.9. The molecule has 0 aliphatic heterocycles. The molecule has 0 saturated carbocycles. The lowest BCUT2D eigenvalue weighted by atomic mass is 10.2. The summed E-state index contributed by atoms with van der Waals surface area (Å²) in [5.74, 6) is -0.230. The molecule has 0 radical (unpaired) electrons. The second-order valence-electron chi connectivity index (χ2n) is 3.89. The van der Waals surface area contributed by atoms with E-state index in [1.54, 1.807) is 30.6 Å². The van der Waals surface area contributed by atoms with Gasteiger partial charge in [-0.15, -0.1) is 11.3 Å². The van der Waals surface area contributed by atoms with Crippen molar-refractivity contribution in [3.05, 3.63) is 40.7 Å². The number of aryl methyl sites for hydroxylation is 1. The summed E-state index contributed by atoms with van der Waals surface area (Å²) in [6, 6.07) is 3.35. The molecule has 2 aromatic heterocycles. The van der Waals surface area contributed by atoms with Crippen LogP contribution >= 0.6 is 11.3 Å². The maximum Gasteiger partial charge on any atom is 0.257 e. The SMILES string of the molecule is Cc1cc(C(=O)Nc2nc(C(C)O)cs2)ccn1. The molecule has 1 amide bonds. The van der Waals surface area contributed by atoms with E-state index >= 15 is 0 Å². The number of anilines is 1. The van der Waals surface area contributed by atoms with E-state index in [0.29, 0.717) is 16.4 Å². The smallest absolute Gasteiger partial charge is 0.257 e. The molecule has 0 saturated heterocycles. The van der Waals surface area contributed by atoms with E-state index in [1.807, 2.05) is 6.92 Å². The van der Waals surface area contributed by atoms with Crippen LogP contribution in [0.3, 0.4) is 0 Å². The van der Waals surface area contributed by atoms with Gasteiger partial charge in [-0.05, 0) is 26.0 Å². The minimum Gasteiger partial charge on any atom is -0.387 e. The molecular weight excluding hydrogens is 250 g/mol. The third kappa shape index (κ3) is 2.91. The summed E-state index contributed by atoms with van der Waals surface area (Å²) in [7, 11) is 0. The molecule has 94 valence electrons. The fourth-order valence-electron chi connectivity index (χ4n) is 1.39. The Kier molecular flexibility index (Phi) is 3.69. The summed E-state index contributed by atoms with van der Waals surface area (Å²) in [5, 5.41) is 14.2. The number of aliphatic hydroxyl groups excluding tert-OH is 1. The zero-order valence-electron chi connectivity index (χ0n) is 10.0. The third-order valence-corrected chi connectivity index (χ3v) is 3.11. The first kappa shape index (κ1) is 12.7. The number of carbonyl (C=O) groups is 1. The number of nitrogens with one attached hydrogen (secondary N) is 1. The normalized spacial score (nSPS) is 12.2. The van der Waals surface area contributed by atoms with Crippen molar-refractivity contribution in [1.82, 2.24) is 9.97 Å². The quantitative estimate of drug-likeness (QED) is 0.889. The molecule has 6 heteroatoms. The summed E-state index contributed by atoms with van der Waals surface area (Å²) >= 11 is 1.29. The van der Waals surface area contributed by atoms with Gasteiger partial charge in [0.2, 0.25) is 0 Å². The van der Waals surface area contributed by atoms with Gasteiger partial charge < -0.3 is 5.11 Å². The van der Waals surface area contributed by atoms with Crippen molar-refractivity contribution in [3.63, 3.8) is 0 Å². The Hall–Kier alpha value is -1.79. The van der Waals surface area contributed by atoms with Crippen molar-refractivity contribution < 1.29 is 9.90 Å². The minimum atomic E-state index is -0.630. The predicted octanol–water partition coefficient (Wildman–Crippen LogP) is 2.15. The number of amides is 1. The Balaban J connectivity index is 2.11. The van der Waals surface area contributed by atoms with Crippen LogP contribution in [0.2, 0.25) is 0 Å². The van der Waals surface area contributed by atoms with Crippen LogP contribution in [0.1, 0.15) is 34.8 Å². The van der Waals surface area contributed by atoms with E-state index in [-0.39, 0.29) is 5.91 Å². The largest absolute Gasteiger partial charge is 0.387 e. The Labute approximate surface area is 109 Å². The molecule has 2 N–H and O–H groups in total. The molecule has 0 bridgehead atoms. The second kappa shape index (κ2) is 5.24. The van der Waals surface area contributed by atoms with E-state index in [0.717, 1.165) is 5.69 Å². The van der Waals surface area contributed by atoms with Crippen molar-refractivity contribution in [2.24, 2.45) is 0 Å². The van der Waals surface area contributed by atoms with Crippen LogP contribution in [-0.4, -0.2) is 21.0 Å². The standard InChI is InChI=1S/C12H13N3O2S/c1-7-5-9(3-4-13-7)11(17)15-12-14-10(6-18-12)8(2)16/h3-6,8,16H,1-2H3,(H,14,15,17). The van der Waals surface area contributed by atoms with Crippen molar-refractivity contribution in [3.8, 4) is 0 Å². The number of pyridine rings is 1. The lowest BCUT2D eigenvalue weighted by Gasteiger charge is -2.02. The number of hydrogen-bond donors (Lipinski definition) is 2. The Bertz CT molecular complexity index is 566. The van der Waals surface area contributed by atoms with Crippen LogP contribution in [0.15, 0.2) is 23.7 Å². The van der Waals surface area contributed by atoms with Crippen molar-refractivity contribution in [1.29, 1.82) is 0 Å². The first-order valence-electron chi connectivity index (χ1n) is 5.44. The number of nitrogens with zero attached hydrogens (tertiary/aromatic N) is 2. The molecule has 0 aromatic carbocycles. The van der Waals surface area contributed by atoms with Gasteiger partial charge in [0.05, 0.1) is 11.8 Å². The Morgan fingerprint density at radius 1 is 1.56 bits per heavy atom. The monoisotopic (exact) mass is 263 g/mol. The number of aromatic nitrogens is 2. The highest BCUT2D eigenvalue weighted by molar-refractivity contribution is 7.14. The maximum atomic E-state index is 11.9. The predicted molar refractivity (Wildman–Crippen MR) is 69.7 cm³/mol. The van der Waals surface area contributed by atoms with E-state index in [9.17, 15) is 9.90 Å². The first-order chi connectivity index (χ1) is 8.56. The molecule has 0 fully saturated rings. The molecule has 0 aliphatic rings. The lowest BCUT2D eigenvalue weighted by molar-refractivity contribution is 0.102. The minimum absolute atomic E-state index is 0.230. The molecule has 0 aliphatic carbocycles. The molecule has 0 spiro atoms. The van der Waals surface area contributed by atoms with Crippen LogP contribution in [0.25, 0.3) is 0 Å². The van der Waals surface area contributed by atoms with Crippen LogP contribution in [-0.2, 0) is 0 Å². The van der Waals surface area contributed by atoms with E-state index in [2.05, 4.69) is 15.3 Å². The van der Waals surface area contributed by atoms with Crippen molar-refractivity contribution >= 4 is 22.4 Å². The Morgan fingerprint density at radius 2 is 2.33 bits per heavy atom. The van der Waals surface area contributed by atoms with Crippen molar-refractivity contribution in [2.45, 2.75) is 20.0 Å². The van der Waals surface area contributed by atoms with Crippen LogP contribution in [0.4, 0.5) is 5.13 Å². The first-order valence-corrected chi connectivity index (χ1v) is 6.31. The summed E-state index contributed by atoms with van der Waals surface area (Å²) in [6.07, 6.45) is 0.961. The fourth-order valence-corrected chi connectivity index (χ4v) is 2.18. The number of aliphatic hydroxyl groups is 1. The molecule has 1 atom stereocenters. The molecule has 2 rings (SSSR count). The van der Waals surface area contributed by atoms with E-state index < -0.39 is 6.10 Å². The van der Waals surface area contributed by atoms with Crippen LogP contribution in [0.5, 0.6) is 0 Å². The second-order valence-corrected chi connectivity index (χ2v) is 4.75. The highest BCUT2D eigenvalue weighted by Gasteiger charge is 2.11. The fraction of sp³-hybridized carbons (Fsp3) is 0.250. The zero-order chi connectivity index (χ0) is 13.1. The zero-order valence-corrected chi connectivity index (χ0v) is 10.9. The highest BCUT2D eigenvalue weighted by Crippen LogP contribution is 2.20. The van der Waals surface area contributed by atoms with Gasteiger partial charge in [0.15, 0.2) is 5.13 Å². The molecule has 18 heavy (non-hydrogen) atoms. The van der Waals surface area contributed by atoms with Gasteiger partial charge in [-0.1, -0.05) is 0 Å². The van der Waals surface area contributed by atoms with Gasteiger partial charge in [-0.25, -0.2) is 4.98 Å². The molecule has 5 nitrogen and oxygen atoms in total. The topological polar surface area (TPSA) is 75.1 Å². The average Bonchev–Trinajstić information content (AvgIpc) is 2.77. The number of rotatable bonds is 3.